The number of carbonyl (C=O) groups is 1. The highest BCUT2D eigenvalue weighted by atomic mass is 16.6. The van der Waals surface area contributed by atoms with Gasteiger partial charge in [-0.15, -0.1) is 0 Å². The van der Waals surface area contributed by atoms with Crippen molar-refractivity contribution in [2.45, 2.75) is 19.9 Å². The van der Waals surface area contributed by atoms with E-state index in [1.165, 1.54) is 6.07 Å². The summed E-state index contributed by atoms with van der Waals surface area (Å²) in [6.07, 6.45) is 0.836. The third kappa shape index (κ3) is 4.63. The fourth-order valence-electron chi connectivity index (χ4n) is 2.55. The first-order chi connectivity index (χ1) is 11.5. The molecule has 2 rings (SSSR count). The number of likely N-dealkylation sites (N-methyl/N-ethyl adjacent to an activating group) is 1. The van der Waals surface area contributed by atoms with E-state index >= 15 is 0 Å². The molecule has 0 aliphatic heterocycles. The Morgan fingerprint density at radius 1 is 1.12 bits per heavy atom. The lowest BCUT2D eigenvalue weighted by molar-refractivity contribution is -0.385. The molecule has 0 aromatic heterocycles. The third-order valence-electron chi connectivity index (χ3n) is 3.71. The number of rotatable bonds is 7. The van der Waals surface area contributed by atoms with Crippen LogP contribution < -0.4 is 5.32 Å². The molecule has 0 aliphatic rings. The van der Waals surface area contributed by atoms with Crippen LogP contribution in [0.1, 0.15) is 18.1 Å². The fraction of sp³-hybridized carbons (Fsp3) is 0.278. The second-order valence-corrected chi connectivity index (χ2v) is 5.62. The normalized spacial score (nSPS) is 10.6. The van der Waals surface area contributed by atoms with Gasteiger partial charge in [0.15, 0.2) is 0 Å². The van der Waals surface area contributed by atoms with Crippen molar-refractivity contribution in [3.63, 3.8) is 0 Å². The summed E-state index contributed by atoms with van der Waals surface area (Å²) in [4.78, 5) is 24.6. The van der Waals surface area contributed by atoms with E-state index < -0.39 is 4.92 Å². The van der Waals surface area contributed by atoms with E-state index in [1.54, 1.807) is 30.1 Å². The van der Waals surface area contributed by atoms with Crippen LogP contribution in [-0.4, -0.2) is 29.3 Å². The number of nitro benzene ring substituents is 1. The lowest BCUT2D eigenvalue weighted by Gasteiger charge is -2.17. The Labute approximate surface area is 141 Å². The maximum absolute atomic E-state index is 12.2. The molecule has 1 amide bonds. The zero-order valence-electron chi connectivity index (χ0n) is 13.9. The Morgan fingerprint density at radius 3 is 2.42 bits per heavy atom. The van der Waals surface area contributed by atoms with E-state index in [4.69, 9.17) is 0 Å². The van der Waals surface area contributed by atoms with Gasteiger partial charge in [-0.2, -0.15) is 0 Å². The highest BCUT2D eigenvalue weighted by molar-refractivity contribution is 5.92. The van der Waals surface area contributed by atoms with Crippen LogP contribution in [0.4, 0.5) is 11.4 Å². The molecule has 24 heavy (non-hydrogen) atoms. The van der Waals surface area contributed by atoms with Gasteiger partial charge in [0.1, 0.15) is 0 Å². The summed E-state index contributed by atoms with van der Waals surface area (Å²) in [7, 11) is 1.77. The first-order valence-corrected chi connectivity index (χ1v) is 7.80. The van der Waals surface area contributed by atoms with Gasteiger partial charge in [-0.3, -0.25) is 19.8 Å². The van der Waals surface area contributed by atoms with Crippen LogP contribution in [0, 0.1) is 10.1 Å². The summed E-state index contributed by atoms with van der Waals surface area (Å²) in [5.74, 6) is -0.142. The zero-order chi connectivity index (χ0) is 17.5. The van der Waals surface area contributed by atoms with Gasteiger partial charge in [-0.05, 0) is 25.1 Å². The molecule has 0 heterocycles. The summed E-state index contributed by atoms with van der Waals surface area (Å²) in [6, 6.07) is 14.2. The predicted molar refractivity (Wildman–Crippen MR) is 93.9 cm³/mol. The van der Waals surface area contributed by atoms with Crippen molar-refractivity contribution in [1.82, 2.24) is 4.90 Å². The molecule has 0 saturated carbocycles. The van der Waals surface area contributed by atoms with Gasteiger partial charge in [-0.1, -0.05) is 43.3 Å². The Kier molecular flexibility index (Phi) is 6.03. The molecule has 0 bridgehead atoms. The molecule has 0 saturated heterocycles. The van der Waals surface area contributed by atoms with Crippen LogP contribution >= 0.6 is 0 Å². The fourth-order valence-corrected chi connectivity index (χ4v) is 2.55. The number of nitrogens with one attached hydrogen (secondary N) is 1. The number of nitrogens with zero attached hydrogens (tertiary/aromatic N) is 2. The number of aryl methyl sites for hydroxylation is 1. The van der Waals surface area contributed by atoms with Gasteiger partial charge in [0.25, 0.3) is 5.69 Å². The summed E-state index contributed by atoms with van der Waals surface area (Å²) in [5, 5.41) is 13.9. The van der Waals surface area contributed by atoms with Crippen molar-refractivity contribution in [2.24, 2.45) is 0 Å². The zero-order valence-corrected chi connectivity index (χ0v) is 13.9. The van der Waals surface area contributed by atoms with Gasteiger partial charge in [0, 0.05) is 23.9 Å². The number of carbonyl (C=O) groups excluding carboxylic acids is 1. The molecule has 2 aromatic carbocycles. The first-order valence-electron chi connectivity index (χ1n) is 7.80. The standard InChI is InChI=1S/C18H21N3O3/c1-3-14-8-4-6-10-16(14)19-18(22)13-20(2)12-15-9-5-7-11-17(15)21(23)24/h4-11H,3,12-13H2,1-2H3,(H,19,22). The van der Waals surface area contributed by atoms with Crippen LogP contribution in [-0.2, 0) is 17.8 Å². The molecule has 2 aromatic rings. The van der Waals surface area contributed by atoms with Crippen molar-refractivity contribution in [3.8, 4) is 0 Å². The largest absolute Gasteiger partial charge is 0.325 e. The number of anilines is 1. The van der Waals surface area contributed by atoms with Crippen molar-refractivity contribution in [1.29, 1.82) is 0 Å². The van der Waals surface area contributed by atoms with Crippen molar-refractivity contribution in [3.05, 3.63) is 69.8 Å². The smallest absolute Gasteiger partial charge is 0.273 e. The maximum atomic E-state index is 12.2. The maximum Gasteiger partial charge on any atom is 0.273 e. The minimum atomic E-state index is -0.402. The number of hydrogen-bond acceptors (Lipinski definition) is 4. The Balaban J connectivity index is 1.98. The van der Waals surface area contributed by atoms with Gasteiger partial charge in [0.05, 0.1) is 11.5 Å². The molecular formula is C18H21N3O3. The topological polar surface area (TPSA) is 75.5 Å². The molecule has 6 nitrogen and oxygen atoms in total. The Hall–Kier alpha value is -2.73. The lowest BCUT2D eigenvalue weighted by atomic mass is 10.1. The molecule has 6 heteroatoms. The molecule has 0 unspecified atom stereocenters. The molecule has 0 atom stereocenters. The molecular weight excluding hydrogens is 306 g/mol. The van der Waals surface area contributed by atoms with Gasteiger partial charge < -0.3 is 5.32 Å². The van der Waals surface area contributed by atoms with E-state index in [-0.39, 0.29) is 18.1 Å². The molecule has 1 N–H and O–H groups in total. The van der Waals surface area contributed by atoms with Gasteiger partial charge in [-0.25, -0.2) is 0 Å². The summed E-state index contributed by atoms with van der Waals surface area (Å²) in [5.41, 5.74) is 2.55. The van der Waals surface area contributed by atoms with E-state index in [2.05, 4.69) is 5.32 Å². The van der Waals surface area contributed by atoms with Crippen LogP contribution in [0.2, 0.25) is 0 Å². The SMILES string of the molecule is CCc1ccccc1NC(=O)CN(C)Cc1ccccc1[N+](=O)[O-]. The third-order valence-corrected chi connectivity index (χ3v) is 3.71. The van der Waals surface area contributed by atoms with Gasteiger partial charge in [0.2, 0.25) is 5.91 Å². The second-order valence-electron chi connectivity index (χ2n) is 5.62. The van der Waals surface area contributed by atoms with Crippen molar-refractivity contribution < 1.29 is 9.72 Å². The lowest BCUT2D eigenvalue weighted by Crippen LogP contribution is -2.30. The van der Waals surface area contributed by atoms with Crippen molar-refractivity contribution in [2.75, 3.05) is 18.9 Å². The molecule has 0 aliphatic carbocycles. The summed E-state index contributed by atoms with van der Waals surface area (Å²) >= 11 is 0. The predicted octanol–water partition coefficient (Wildman–Crippen LogP) is 3.23. The summed E-state index contributed by atoms with van der Waals surface area (Å²) in [6.45, 7) is 2.52. The summed E-state index contributed by atoms with van der Waals surface area (Å²) < 4.78 is 0. The minimum Gasteiger partial charge on any atom is -0.325 e. The number of amides is 1. The number of para-hydroxylation sites is 2. The highest BCUT2D eigenvalue weighted by Crippen LogP contribution is 2.19. The van der Waals surface area contributed by atoms with Crippen LogP contribution in [0.15, 0.2) is 48.5 Å². The second kappa shape index (κ2) is 8.21. The Bertz CT molecular complexity index is 731. The quantitative estimate of drug-likeness (QED) is 0.626. The van der Waals surface area contributed by atoms with Crippen molar-refractivity contribution >= 4 is 17.3 Å². The monoisotopic (exact) mass is 327 g/mol. The first kappa shape index (κ1) is 17.6. The van der Waals surface area contributed by atoms with Crippen LogP contribution in [0.5, 0.6) is 0 Å². The van der Waals surface area contributed by atoms with E-state index in [0.29, 0.717) is 12.1 Å². The molecule has 0 fully saturated rings. The van der Waals surface area contributed by atoms with Gasteiger partial charge >= 0.3 is 0 Å². The van der Waals surface area contributed by atoms with E-state index in [1.807, 2.05) is 31.2 Å². The molecule has 0 radical (unpaired) electrons. The van der Waals surface area contributed by atoms with Crippen LogP contribution in [0.25, 0.3) is 0 Å². The van der Waals surface area contributed by atoms with E-state index in [9.17, 15) is 14.9 Å². The average Bonchev–Trinajstić information content (AvgIpc) is 2.55. The average molecular weight is 327 g/mol. The Morgan fingerprint density at radius 2 is 1.75 bits per heavy atom. The minimum absolute atomic E-state index is 0.0705. The highest BCUT2D eigenvalue weighted by Gasteiger charge is 2.15. The number of hydrogen-bond donors (Lipinski definition) is 1. The number of nitro groups is 1. The number of benzene rings is 2. The van der Waals surface area contributed by atoms with E-state index in [0.717, 1.165) is 17.7 Å². The molecule has 126 valence electrons. The van der Waals surface area contributed by atoms with Crippen LogP contribution in [0.3, 0.4) is 0 Å². The molecule has 0 spiro atoms.